The third-order valence-electron chi connectivity index (χ3n) is 5.35. The van der Waals surface area contributed by atoms with Gasteiger partial charge >= 0.3 is 0 Å². The maximum Gasteiger partial charge on any atom is 0.269 e. The molecule has 7 heteroatoms. The fourth-order valence-electron chi connectivity index (χ4n) is 3.75. The summed E-state index contributed by atoms with van der Waals surface area (Å²) in [5.74, 6) is 0. The summed E-state index contributed by atoms with van der Waals surface area (Å²) in [5, 5.41) is 20.3. The standard InChI is InChI=1S/C24H19N5O2/c30-29(31)20-13-11-17(12-14-20)22-15-23(26-25-22)21-16-28(19-9-5-2-6-10-19)27-24(21)18-7-3-1-4-8-18/h1-14,16,23,26H,15H2/t23-/m1/s1. The van der Waals surface area contributed by atoms with Crippen molar-refractivity contribution in [1.82, 2.24) is 15.2 Å². The zero-order valence-corrected chi connectivity index (χ0v) is 16.6. The fourth-order valence-corrected chi connectivity index (χ4v) is 3.75. The molecular weight excluding hydrogens is 390 g/mol. The summed E-state index contributed by atoms with van der Waals surface area (Å²) in [6.07, 6.45) is 2.71. The lowest BCUT2D eigenvalue weighted by Crippen LogP contribution is -2.10. The van der Waals surface area contributed by atoms with Crippen molar-refractivity contribution >= 4 is 11.4 Å². The quantitative estimate of drug-likeness (QED) is 0.376. The Hall–Kier alpha value is -4.26. The lowest BCUT2D eigenvalue weighted by atomic mass is 9.97. The van der Waals surface area contributed by atoms with Gasteiger partial charge in [-0.15, -0.1) is 0 Å². The van der Waals surface area contributed by atoms with Gasteiger partial charge in [-0.1, -0.05) is 48.5 Å². The van der Waals surface area contributed by atoms with Crippen LogP contribution in [0.15, 0.2) is 96.2 Å². The van der Waals surface area contributed by atoms with Crippen LogP contribution in [0.4, 0.5) is 5.69 Å². The van der Waals surface area contributed by atoms with Crippen LogP contribution in [0.25, 0.3) is 16.9 Å². The van der Waals surface area contributed by atoms with Gasteiger partial charge in [-0.05, 0) is 29.8 Å². The van der Waals surface area contributed by atoms with E-state index in [1.165, 1.54) is 12.1 Å². The molecule has 0 spiro atoms. The molecule has 0 saturated heterocycles. The number of hydrogen-bond donors (Lipinski definition) is 1. The lowest BCUT2D eigenvalue weighted by molar-refractivity contribution is -0.384. The molecule has 0 fully saturated rings. The summed E-state index contributed by atoms with van der Waals surface area (Å²) in [6, 6.07) is 26.5. The molecule has 4 aromatic rings. The van der Waals surface area contributed by atoms with E-state index in [-0.39, 0.29) is 11.7 Å². The molecule has 152 valence electrons. The van der Waals surface area contributed by atoms with Crippen molar-refractivity contribution in [3.63, 3.8) is 0 Å². The zero-order chi connectivity index (χ0) is 21.2. The molecule has 1 aliphatic heterocycles. The number of aromatic nitrogens is 2. The second-order valence-electron chi connectivity index (χ2n) is 7.33. The number of para-hydroxylation sites is 1. The molecule has 0 amide bonds. The summed E-state index contributed by atoms with van der Waals surface area (Å²) in [5.41, 5.74) is 9.03. The maximum atomic E-state index is 10.9. The Kier molecular flexibility index (Phi) is 4.76. The van der Waals surface area contributed by atoms with Gasteiger partial charge in [-0.25, -0.2) is 4.68 Å². The molecule has 5 rings (SSSR count). The lowest BCUT2D eigenvalue weighted by Gasteiger charge is -2.10. The first-order valence-electron chi connectivity index (χ1n) is 9.96. The molecule has 1 aliphatic rings. The molecule has 3 aromatic carbocycles. The van der Waals surface area contributed by atoms with Gasteiger partial charge in [0.1, 0.15) is 0 Å². The van der Waals surface area contributed by atoms with E-state index in [4.69, 9.17) is 5.10 Å². The highest BCUT2D eigenvalue weighted by atomic mass is 16.6. The fraction of sp³-hybridized carbons (Fsp3) is 0.0833. The molecule has 31 heavy (non-hydrogen) atoms. The summed E-state index contributed by atoms with van der Waals surface area (Å²) < 4.78 is 1.89. The van der Waals surface area contributed by atoms with Gasteiger partial charge in [-0.2, -0.15) is 10.2 Å². The molecule has 0 aliphatic carbocycles. The molecule has 2 heterocycles. The number of hydrazone groups is 1. The zero-order valence-electron chi connectivity index (χ0n) is 16.6. The molecule has 0 unspecified atom stereocenters. The van der Waals surface area contributed by atoms with Gasteiger partial charge in [0.05, 0.1) is 28.1 Å². The normalized spacial score (nSPS) is 15.4. The molecule has 1 atom stereocenters. The van der Waals surface area contributed by atoms with Crippen LogP contribution < -0.4 is 5.43 Å². The third-order valence-corrected chi connectivity index (χ3v) is 5.35. The maximum absolute atomic E-state index is 10.9. The number of nitro groups is 1. The Labute approximate surface area is 178 Å². The third kappa shape index (κ3) is 3.69. The van der Waals surface area contributed by atoms with E-state index in [0.29, 0.717) is 6.42 Å². The largest absolute Gasteiger partial charge is 0.302 e. The molecule has 0 saturated carbocycles. The Morgan fingerprint density at radius 3 is 2.26 bits per heavy atom. The molecular formula is C24H19N5O2. The smallest absolute Gasteiger partial charge is 0.269 e. The predicted molar refractivity (Wildman–Crippen MR) is 119 cm³/mol. The van der Waals surface area contributed by atoms with Gasteiger partial charge in [0.15, 0.2) is 0 Å². The molecule has 0 bridgehead atoms. The molecule has 7 nitrogen and oxygen atoms in total. The predicted octanol–water partition coefficient (Wildman–Crippen LogP) is 4.89. The highest BCUT2D eigenvalue weighted by Gasteiger charge is 2.26. The van der Waals surface area contributed by atoms with Crippen LogP contribution in [0.5, 0.6) is 0 Å². The highest BCUT2D eigenvalue weighted by molar-refractivity contribution is 6.02. The van der Waals surface area contributed by atoms with E-state index in [1.54, 1.807) is 12.1 Å². The summed E-state index contributed by atoms with van der Waals surface area (Å²) in [7, 11) is 0. The van der Waals surface area contributed by atoms with Crippen molar-refractivity contribution in [3.8, 4) is 16.9 Å². The SMILES string of the molecule is O=[N+]([O-])c1ccc(C2=NN[C@@H](c3cn(-c4ccccc4)nc3-c3ccccc3)C2)cc1. The van der Waals surface area contributed by atoms with Crippen LogP contribution >= 0.6 is 0 Å². The van der Waals surface area contributed by atoms with Crippen LogP contribution in [0.3, 0.4) is 0 Å². The van der Waals surface area contributed by atoms with E-state index in [2.05, 4.69) is 10.5 Å². The van der Waals surface area contributed by atoms with Gasteiger partial charge in [-0.3, -0.25) is 10.1 Å². The topological polar surface area (TPSA) is 85.4 Å². The summed E-state index contributed by atoms with van der Waals surface area (Å²) in [4.78, 5) is 10.5. The van der Waals surface area contributed by atoms with Gasteiger partial charge in [0.25, 0.3) is 5.69 Å². The number of nitro benzene ring substituents is 1. The minimum atomic E-state index is -0.397. The van der Waals surface area contributed by atoms with E-state index in [9.17, 15) is 10.1 Å². The van der Waals surface area contributed by atoms with E-state index in [0.717, 1.165) is 33.8 Å². The summed E-state index contributed by atoms with van der Waals surface area (Å²) >= 11 is 0. The van der Waals surface area contributed by atoms with Gasteiger partial charge in [0.2, 0.25) is 0 Å². The number of non-ortho nitro benzene ring substituents is 1. The van der Waals surface area contributed by atoms with E-state index in [1.807, 2.05) is 71.5 Å². The number of hydrogen-bond acceptors (Lipinski definition) is 5. The van der Waals surface area contributed by atoms with Crippen molar-refractivity contribution in [2.75, 3.05) is 0 Å². The van der Waals surface area contributed by atoms with Gasteiger partial charge < -0.3 is 5.43 Å². The Bertz CT molecular complexity index is 1250. The first-order chi connectivity index (χ1) is 15.2. The summed E-state index contributed by atoms with van der Waals surface area (Å²) in [6.45, 7) is 0. The van der Waals surface area contributed by atoms with Crippen LogP contribution in [0.1, 0.15) is 23.6 Å². The van der Waals surface area contributed by atoms with Crippen molar-refractivity contribution < 1.29 is 4.92 Å². The Balaban J connectivity index is 1.47. The van der Waals surface area contributed by atoms with Crippen molar-refractivity contribution in [2.24, 2.45) is 5.10 Å². The number of nitrogens with one attached hydrogen (secondary N) is 1. The average molecular weight is 409 g/mol. The van der Waals surface area contributed by atoms with Gasteiger partial charge in [0, 0.05) is 35.9 Å². The monoisotopic (exact) mass is 409 g/mol. The second-order valence-corrected chi connectivity index (χ2v) is 7.33. The van der Waals surface area contributed by atoms with Crippen molar-refractivity contribution in [2.45, 2.75) is 12.5 Å². The number of nitrogens with zero attached hydrogens (tertiary/aromatic N) is 4. The molecule has 1 aromatic heterocycles. The molecule has 1 N–H and O–H groups in total. The minimum absolute atomic E-state index is 0.0436. The Morgan fingerprint density at radius 1 is 0.903 bits per heavy atom. The number of rotatable bonds is 5. The minimum Gasteiger partial charge on any atom is -0.302 e. The van der Waals surface area contributed by atoms with Crippen LogP contribution in [-0.4, -0.2) is 20.4 Å². The van der Waals surface area contributed by atoms with Crippen molar-refractivity contribution in [3.05, 3.63) is 112 Å². The first kappa shape index (κ1) is 18.7. The van der Waals surface area contributed by atoms with Crippen LogP contribution in [0, 0.1) is 10.1 Å². The van der Waals surface area contributed by atoms with Crippen molar-refractivity contribution in [1.29, 1.82) is 0 Å². The van der Waals surface area contributed by atoms with E-state index >= 15 is 0 Å². The van der Waals surface area contributed by atoms with Crippen LogP contribution in [0.2, 0.25) is 0 Å². The first-order valence-corrected chi connectivity index (χ1v) is 9.96. The Morgan fingerprint density at radius 2 is 1.58 bits per heavy atom. The van der Waals surface area contributed by atoms with E-state index < -0.39 is 4.92 Å². The second kappa shape index (κ2) is 7.87. The van der Waals surface area contributed by atoms with Crippen LogP contribution in [-0.2, 0) is 0 Å². The number of benzene rings is 3. The molecule has 0 radical (unpaired) electrons. The average Bonchev–Trinajstić information content (AvgIpc) is 3.48. The highest BCUT2D eigenvalue weighted by Crippen LogP contribution is 2.33.